The minimum Gasteiger partial charge on any atom is -0.467 e. The molecule has 0 spiro atoms. The van der Waals surface area contributed by atoms with Crippen molar-refractivity contribution in [2.45, 2.75) is 33.7 Å². The zero-order chi connectivity index (χ0) is 20.5. The molecule has 1 atom stereocenters. The van der Waals surface area contributed by atoms with Gasteiger partial charge in [-0.15, -0.1) is 11.3 Å². The number of aromatic nitrogens is 1. The Balaban J connectivity index is 1.42. The van der Waals surface area contributed by atoms with Gasteiger partial charge in [-0.2, -0.15) is 0 Å². The van der Waals surface area contributed by atoms with E-state index < -0.39 is 0 Å². The quantitative estimate of drug-likeness (QED) is 0.681. The molecule has 1 aromatic carbocycles. The first-order chi connectivity index (χ1) is 13.9. The number of thiazole rings is 1. The fourth-order valence-corrected chi connectivity index (χ4v) is 4.30. The van der Waals surface area contributed by atoms with Crippen molar-refractivity contribution in [3.05, 3.63) is 58.4 Å². The number of amides is 2. The minimum absolute atomic E-state index is 0.0351. The second-order valence-electron chi connectivity index (χ2n) is 7.53. The molecule has 0 unspecified atom stereocenters. The van der Waals surface area contributed by atoms with Crippen molar-refractivity contribution in [2.24, 2.45) is 5.92 Å². The van der Waals surface area contributed by atoms with Gasteiger partial charge in [-0.25, -0.2) is 4.98 Å². The maximum Gasteiger partial charge on any atom is 0.231 e. The molecule has 29 heavy (non-hydrogen) atoms. The Morgan fingerprint density at radius 1 is 1.28 bits per heavy atom. The van der Waals surface area contributed by atoms with E-state index in [1.165, 1.54) is 22.5 Å². The highest BCUT2D eigenvalue weighted by Crippen LogP contribution is 2.30. The summed E-state index contributed by atoms with van der Waals surface area (Å²) in [5.41, 5.74) is 5.55. The number of nitrogens with one attached hydrogen (secondary N) is 1. The lowest BCUT2D eigenvalue weighted by Crippen LogP contribution is -2.27. The fourth-order valence-electron chi connectivity index (χ4n) is 3.59. The molecule has 1 N–H and O–H groups in total. The normalized spacial score (nSPS) is 16.4. The van der Waals surface area contributed by atoms with Crippen molar-refractivity contribution in [3.63, 3.8) is 0 Å². The van der Waals surface area contributed by atoms with Gasteiger partial charge in [-0.3, -0.25) is 9.59 Å². The molecule has 2 amide bonds. The molecule has 6 nitrogen and oxygen atoms in total. The highest BCUT2D eigenvalue weighted by atomic mass is 32.1. The second-order valence-corrected chi connectivity index (χ2v) is 8.39. The number of nitrogens with zero attached hydrogens (tertiary/aromatic N) is 2. The highest BCUT2D eigenvalue weighted by Gasteiger charge is 2.35. The van der Waals surface area contributed by atoms with E-state index in [9.17, 15) is 9.59 Å². The Kier molecular flexibility index (Phi) is 5.24. The molecule has 1 saturated heterocycles. The first-order valence-electron chi connectivity index (χ1n) is 9.55. The van der Waals surface area contributed by atoms with Gasteiger partial charge in [0.2, 0.25) is 11.8 Å². The number of hydrogen-bond acceptors (Lipinski definition) is 5. The largest absolute Gasteiger partial charge is 0.467 e. The second kappa shape index (κ2) is 7.83. The van der Waals surface area contributed by atoms with Crippen LogP contribution < -0.4 is 5.32 Å². The molecule has 3 heterocycles. The van der Waals surface area contributed by atoms with Gasteiger partial charge in [0.1, 0.15) is 5.76 Å². The van der Waals surface area contributed by atoms with E-state index in [1.807, 2.05) is 11.4 Å². The van der Waals surface area contributed by atoms with Crippen molar-refractivity contribution in [1.82, 2.24) is 9.88 Å². The molecule has 3 aromatic rings. The van der Waals surface area contributed by atoms with Crippen LogP contribution in [0.4, 0.5) is 5.13 Å². The lowest BCUT2D eigenvalue weighted by molar-refractivity contribution is -0.128. The molecule has 2 aromatic heterocycles. The van der Waals surface area contributed by atoms with Crippen LogP contribution in [0.1, 0.15) is 28.9 Å². The molecule has 0 aliphatic carbocycles. The number of hydrogen-bond donors (Lipinski definition) is 1. The van der Waals surface area contributed by atoms with Crippen LogP contribution in [-0.2, 0) is 16.1 Å². The summed E-state index contributed by atoms with van der Waals surface area (Å²) in [6.45, 7) is 7.02. The monoisotopic (exact) mass is 409 g/mol. The summed E-state index contributed by atoms with van der Waals surface area (Å²) in [5, 5.41) is 5.39. The molecule has 0 radical (unpaired) electrons. The number of furan rings is 1. The molecule has 0 bridgehead atoms. The Morgan fingerprint density at radius 3 is 2.83 bits per heavy atom. The number of benzene rings is 1. The van der Waals surface area contributed by atoms with Crippen LogP contribution in [0.5, 0.6) is 0 Å². The maximum atomic E-state index is 12.7. The number of anilines is 1. The van der Waals surface area contributed by atoms with Gasteiger partial charge in [-0.1, -0.05) is 6.07 Å². The molecule has 150 valence electrons. The van der Waals surface area contributed by atoms with Gasteiger partial charge in [0.25, 0.3) is 0 Å². The lowest BCUT2D eigenvalue weighted by Gasteiger charge is -2.14. The van der Waals surface area contributed by atoms with Crippen LogP contribution in [0.25, 0.3) is 11.3 Å². The van der Waals surface area contributed by atoms with Crippen LogP contribution in [0.2, 0.25) is 0 Å². The fraction of sp³-hybridized carbons (Fsp3) is 0.318. The van der Waals surface area contributed by atoms with Gasteiger partial charge >= 0.3 is 0 Å². The smallest absolute Gasteiger partial charge is 0.231 e. The van der Waals surface area contributed by atoms with E-state index in [1.54, 1.807) is 17.2 Å². The maximum absolute atomic E-state index is 12.7. The zero-order valence-electron chi connectivity index (χ0n) is 16.7. The summed E-state index contributed by atoms with van der Waals surface area (Å²) in [5.74, 6) is 0.131. The standard InChI is InChI=1S/C22H23N3O3S/c1-13-7-15(3)18(8-14(13)2)19-12-29-22(23-19)24-21(27)16-9-20(26)25(10-16)11-17-5-4-6-28-17/h4-8,12,16H,9-11H2,1-3H3,(H,23,24,27)/t16-/m0/s1. The third-order valence-corrected chi connectivity index (χ3v) is 6.12. The summed E-state index contributed by atoms with van der Waals surface area (Å²) in [4.78, 5) is 31.2. The Labute approximate surface area is 173 Å². The number of carbonyl (C=O) groups excluding carboxylic acids is 2. The lowest BCUT2D eigenvalue weighted by atomic mass is 9.99. The van der Waals surface area contributed by atoms with E-state index in [0.717, 1.165) is 16.8 Å². The molecule has 4 rings (SSSR count). The SMILES string of the molecule is Cc1cc(C)c(-c2csc(NC(=O)[C@H]3CC(=O)N(Cc4ccco4)C3)n2)cc1C. The van der Waals surface area contributed by atoms with Gasteiger partial charge in [0.05, 0.1) is 24.4 Å². The van der Waals surface area contributed by atoms with Crippen molar-refractivity contribution >= 4 is 28.3 Å². The van der Waals surface area contributed by atoms with Crippen molar-refractivity contribution in [1.29, 1.82) is 0 Å². The average molecular weight is 410 g/mol. The predicted molar refractivity (Wildman–Crippen MR) is 113 cm³/mol. The van der Waals surface area contributed by atoms with Crippen molar-refractivity contribution < 1.29 is 14.0 Å². The van der Waals surface area contributed by atoms with Crippen LogP contribution in [0, 0.1) is 26.7 Å². The number of likely N-dealkylation sites (tertiary alicyclic amines) is 1. The molecule has 0 saturated carbocycles. The van der Waals surface area contributed by atoms with Crippen LogP contribution >= 0.6 is 11.3 Å². The molecule has 1 aliphatic rings. The van der Waals surface area contributed by atoms with E-state index in [-0.39, 0.29) is 24.2 Å². The number of rotatable bonds is 5. The average Bonchev–Trinajstić information content (AvgIpc) is 3.41. The third kappa shape index (κ3) is 4.10. The van der Waals surface area contributed by atoms with Crippen molar-refractivity contribution in [3.8, 4) is 11.3 Å². The van der Waals surface area contributed by atoms with Gasteiger partial charge < -0.3 is 14.6 Å². The Bertz CT molecular complexity index is 1060. The van der Waals surface area contributed by atoms with E-state index in [4.69, 9.17) is 4.42 Å². The summed E-state index contributed by atoms with van der Waals surface area (Å²) in [6, 6.07) is 7.90. The predicted octanol–water partition coefficient (Wildman–Crippen LogP) is 4.32. The minimum atomic E-state index is -0.381. The van der Waals surface area contributed by atoms with Crippen LogP contribution in [-0.4, -0.2) is 28.2 Å². The van der Waals surface area contributed by atoms with Gasteiger partial charge in [-0.05, 0) is 55.7 Å². The third-order valence-electron chi connectivity index (χ3n) is 5.36. The number of carbonyl (C=O) groups is 2. The van der Waals surface area contributed by atoms with Crippen LogP contribution in [0.3, 0.4) is 0 Å². The first kappa shape index (κ1) is 19.4. The summed E-state index contributed by atoms with van der Waals surface area (Å²) >= 11 is 1.40. The number of aryl methyl sites for hydroxylation is 3. The van der Waals surface area contributed by atoms with E-state index in [2.05, 4.69) is 43.2 Å². The van der Waals surface area contributed by atoms with Gasteiger partial charge in [0, 0.05) is 23.9 Å². The summed E-state index contributed by atoms with van der Waals surface area (Å²) in [7, 11) is 0. The van der Waals surface area contributed by atoms with E-state index in [0.29, 0.717) is 24.0 Å². The molecular weight excluding hydrogens is 386 g/mol. The van der Waals surface area contributed by atoms with Gasteiger partial charge in [0.15, 0.2) is 5.13 Å². The molecule has 7 heteroatoms. The van der Waals surface area contributed by atoms with Crippen LogP contribution in [0.15, 0.2) is 40.3 Å². The van der Waals surface area contributed by atoms with Crippen molar-refractivity contribution in [2.75, 3.05) is 11.9 Å². The summed E-state index contributed by atoms with van der Waals surface area (Å²) in [6.07, 6.45) is 1.79. The van der Waals surface area contributed by atoms with E-state index >= 15 is 0 Å². The molecule has 1 aliphatic heterocycles. The highest BCUT2D eigenvalue weighted by molar-refractivity contribution is 7.14. The topological polar surface area (TPSA) is 75.4 Å². The molecular formula is C22H23N3O3S. The summed E-state index contributed by atoms with van der Waals surface area (Å²) < 4.78 is 5.30. The first-order valence-corrected chi connectivity index (χ1v) is 10.4. The zero-order valence-corrected chi connectivity index (χ0v) is 17.5. The Hall–Kier alpha value is -2.93. The Morgan fingerprint density at radius 2 is 2.07 bits per heavy atom. The molecule has 1 fully saturated rings.